The van der Waals surface area contributed by atoms with Gasteiger partial charge in [-0.15, -0.1) is 0 Å². The minimum atomic E-state index is -0.806. The Kier molecular flexibility index (Phi) is 4.71. The highest BCUT2D eigenvalue weighted by atomic mass is 16.5. The van der Waals surface area contributed by atoms with E-state index >= 15 is 0 Å². The Labute approximate surface area is 151 Å². The average molecular weight is 349 g/mol. The smallest absolute Gasteiger partial charge is 0.163 e. The van der Waals surface area contributed by atoms with Gasteiger partial charge in [-0.1, -0.05) is 30.3 Å². The summed E-state index contributed by atoms with van der Waals surface area (Å²) in [7, 11) is 0. The van der Waals surface area contributed by atoms with Crippen molar-refractivity contribution in [1.82, 2.24) is 4.98 Å². The van der Waals surface area contributed by atoms with Crippen molar-refractivity contribution in [3.05, 3.63) is 84.2 Å². The summed E-state index contributed by atoms with van der Waals surface area (Å²) in [5.41, 5.74) is 1.75. The standard InChI is InChI=1S/C21H19NO4/c23-21-18-11-16(24-13-15-5-2-1-3-6-15)8-9-19(18)25-14-20(21)26-17-7-4-10-22-12-17/h1-12,20-21,23H,13-14H2/t20-,21-/m0/s1. The van der Waals surface area contributed by atoms with E-state index < -0.39 is 12.2 Å². The van der Waals surface area contributed by atoms with Crippen LogP contribution < -0.4 is 14.2 Å². The number of aliphatic hydroxyl groups excluding tert-OH is 1. The van der Waals surface area contributed by atoms with E-state index in [0.717, 1.165) is 5.56 Å². The van der Waals surface area contributed by atoms with E-state index in [0.29, 0.717) is 29.4 Å². The van der Waals surface area contributed by atoms with Crippen LogP contribution in [0.3, 0.4) is 0 Å². The van der Waals surface area contributed by atoms with Crippen molar-refractivity contribution in [2.45, 2.75) is 18.8 Å². The summed E-state index contributed by atoms with van der Waals surface area (Å²) >= 11 is 0. The zero-order valence-corrected chi connectivity index (χ0v) is 14.1. The van der Waals surface area contributed by atoms with Crippen molar-refractivity contribution in [2.75, 3.05) is 6.61 Å². The van der Waals surface area contributed by atoms with Gasteiger partial charge in [0.25, 0.3) is 0 Å². The van der Waals surface area contributed by atoms with Crippen LogP contribution >= 0.6 is 0 Å². The zero-order chi connectivity index (χ0) is 17.8. The molecule has 0 aliphatic carbocycles. The van der Waals surface area contributed by atoms with E-state index in [1.165, 1.54) is 0 Å². The summed E-state index contributed by atoms with van der Waals surface area (Å²) in [6, 6.07) is 19.0. The zero-order valence-electron chi connectivity index (χ0n) is 14.1. The van der Waals surface area contributed by atoms with Gasteiger partial charge >= 0.3 is 0 Å². The molecule has 4 rings (SSSR count). The summed E-state index contributed by atoms with van der Waals surface area (Å²) < 4.78 is 17.4. The summed E-state index contributed by atoms with van der Waals surface area (Å²) in [5.74, 6) is 1.92. The van der Waals surface area contributed by atoms with Gasteiger partial charge in [-0.2, -0.15) is 0 Å². The van der Waals surface area contributed by atoms with Gasteiger partial charge in [-0.3, -0.25) is 4.98 Å². The van der Waals surface area contributed by atoms with Crippen LogP contribution in [0.4, 0.5) is 0 Å². The fourth-order valence-corrected chi connectivity index (χ4v) is 2.87. The molecule has 132 valence electrons. The van der Waals surface area contributed by atoms with Gasteiger partial charge in [0.1, 0.15) is 36.6 Å². The number of hydrogen-bond acceptors (Lipinski definition) is 5. The number of aliphatic hydroxyl groups is 1. The predicted octanol–water partition coefficient (Wildman–Crippen LogP) is 3.53. The molecule has 0 saturated carbocycles. The minimum absolute atomic E-state index is 0.271. The number of pyridine rings is 1. The molecule has 3 aromatic rings. The lowest BCUT2D eigenvalue weighted by molar-refractivity contribution is -0.0106. The maximum Gasteiger partial charge on any atom is 0.163 e. The third kappa shape index (κ3) is 3.63. The summed E-state index contributed by atoms with van der Waals surface area (Å²) in [6.07, 6.45) is 1.98. The second kappa shape index (κ2) is 7.45. The SMILES string of the molecule is O[C@H]1c2cc(OCc3ccccc3)ccc2OC[C@@H]1Oc1cccnc1. The molecule has 1 aliphatic heterocycles. The predicted molar refractivity (Wildman–Crippen MR) is 96.3 cm³/mol. The summed E-state index contributed by atoms with van der Waals surface area (Å²) in [4.78, 5) is 4.02. The molecule has 0 saturated heterocycles. The van der Waals surface area contributed by atoms with Crippen LogP contribution in [0.2, 0.25) is 0 Å². The highest BCUT2D eigenvalue weighted by Crippen LogP contribution is 2.36. The van der Waals surface area contributed by atoms with Crippen LogP contribution in [0.15, 0.2) is 73.1 Å². The van der Waals surface area contributed by atoms with E-state index in [9.17, 15) is 5.11 Å². The molecule has 0 spiro atoms. The molecule has 2 atom stereocenters. The first-order chi connectivity index (χ1) is 12.8. The first-order valence-electron chi connectivity index (χ1n) is 8.48. The Morgan fingerprint density at radius 3 is 2.73 bits per heavy atom. The fraction of sp³-hybridized carbons (Fsp3) is 0.190. The molecule has 0 unspecified atom stereocenters. The molecule has 0 radical (unpaired) electrons. The van der Waals surface area contributed by atoms with E-state index in [4.69, 9.17) is 14.2 Å². The lowest BCUT2D eigenvalue weighted by Crippen LogP contribution is -2.35. The lowest BCUT2D eigenvalue weighted by atomic mass is 10.0. The molecule has 0 fully saturated rings. The number of benzene rings is 2. The highest BCUT2D eigenvalue weighted by molar-refractivity contribution is 5.43. The van der Waals surface area contributed by atoms with Crippen molar-refractivity contribution in [3.8, 4) is 17.2 Å². The normalized spacial score (nSPS) is 18.5. The Bertz CT molecular complexity index is 854. The van der Waals surface area contributed by atoms with Crippen LogP contribution in [-0.4, -0.2) is 22.8 Å². The molecule has 1 aliphatic rings. The van der Waals surface area contributed by atoms with Gasteiger partial charge in [0.2, 0.25) is 0 Å². The number of aromatic nitrogens is 1. The Morgan fingerprint density at radius 2 is 1.92 bits per heavy atom. The van der Waals surface area contributed by atoms with Gasteiger partial charge in [0.15, 0.2) is 6.10 Å². The molecule has 5 nitrogen and oxygen atoms in total. The fourth-order valence-electron chi connectivity index (χ4n) is 2.87. The van der Waals surface area contributed by atoms with Gasteiger partial charge in [0, 0.05) is 11.8 Å². The van der Waals surface area contributed by atoms with Crippen LogP contribution in [-0.2, 0) is 6.61 Å². The molecular weight excluding hydrogens is 330 g/mol. The topological polar surface area (TPSA) is 60.8 Å². The maximum absolute atomic E-state index is 10.7. The molecular formula is C21H19NO4. The molecule has 1 aromatic heterocycles. The Morgan fingerprint density at radius 1 is 1.04 bits per heavy atom. The van der Waals surface area contributed by atoms with Crippen molar-refractivity contribution in [2.24, 2.45) is 0 Å². The van der Waals surface area contributed by atoms with Gasteiger partial charge in [-0.05, 0) is 35.9 Å². The number of hydrogen-bond donors (Lipinski definition) is 1. The molecule has 2 aromatic carbocycles. The maximum atomic E-state index is 10.7. The first kappa shape index (κ1) is 16.4. The quantitative estimate of drug-likeness (QED) is 0.763. The third-order valence-electron chi connectivity index (χ3n) is 4.23. The molecule has 0 bridgehead atoms. The van der Waals surface area contributed by atoms with Crippen LogP contribution in [0.25, 0.3) is 0 Å². The van der Waals surface area contributed by atoms with Crippen LogP contribution in [0.5, 0.6) is 17.2 Å². The monoisotopic (exact) mass is 349 g/mol. The van der Waals surface area contributed by atoms with Gasteiger partial charge in [0.05, 0.1) is 6.20 Å². The van der Waals surface area contributed by atoms with Crippen molar-refractivity contribution >= 4 is 0 Å². The Balaban J connectivity index is 1.48. The van der Waals surface area contributed by atoms with E-state index in [2.05, 4.69) is 4.98 Å². The molecule has 0 amide bonds. The van der Waals surface area contributed by atoms with Gasteiger partial charge < -0.3 is 19.3 Å². The van der Waals surface area contributed by atoms with E-state index in [-0.39, 0.29) is 6.61 Å². The molecule has 1 N–H and O–H groups in total. The van der Waals surface area contributed by atoms with Crippen LogP contribution in [0.1, 0.15) is 17.2 Å². The molecule has 26 heavy (non-hydrogen) atoms. The number of rotatable bonds is 5. The van der Waals surface area contributed by atoms with Crippen molar-refractivity contribution in [3.63, 3.8) is 0 Å². The number of nitrogens with zero attached hydrogens (tertiary/aromatic N) is 1. The van der Waals surface area contributed by atoms with E-state index in [1.807, 2.05) is 48.5 Å². The molecule has 2 heterocycles. The number of fused-ring (bicyclic) bond motifs is 1. The highest BCUT2D eigenvalue weighted by Gasteiger charge is 2.31. The summed E-state index contributed by atoms with van der Waals surface area (Å²) in [5, 5.41) is 10.7. The summed E-state index contributed by atoms with van der Waals surface area (Å²) in [6.45, 7) is 0.736. The largest absolute Gasteiger partial charge is 0.489 e. The van der Waals surface area contributed by atoms with Gasteiger partial charge in [-0.25, -0.2) is 0 Å². The lowest BCUT2D eigenvalue weighted by Gasteiger charge is -2.30. The third-order valence-corrected chi connectivity index (χ3v) is 4.23. The number of ether oxygens (including phenoxy) is 3. The van der Waals surface area contributed by atoms with Crippen molar-refractivity contribution < 1.29 is 19.3 Å². The second-order valence-corrected chi connectivity index (χ2v) is 6.07. The first-order valence-corrected chi connectivity index (χ1v) is 8.48. The Hall–Kier alpha value is -3.05. The van der Waals surface area contributed by atoms with Crippen molar-refractivity contribution in [1.29, 1.82) is 0 Å². The van der Waals surface area contributed by atoms with Crippen LogP contribution in [0, 0.1) is 0 Å². The second-order valence-electron chi connectivity index (χ2n) is 6.07. The molecule has 5 heteroatoms. The average Bonchev–Trinajstić information content (AvgIpc) is 2.70. The minimum Gasteiger partial charge on any atom is -0.489 e. The van der Waals surface area contributed by atoms with E-state index in [1.54, 1.807) is 24.5 Å².